The third-order valence-electron chi connectivity index (χ3n) is 3.79. The van der Waals surface area contributed by atoms with Crippen LogP contribution in [0.2, 0.25) is 0 Å². The van der Waals surface area contributed by atoms with Crippen LogP contribution in [0.1, 0.15) is 53.5 Å². The molecule has 25 heavy (non-hydrogen) atoms. The molecule has 0 aliphatic heterocycles. The van der Waals surface area contributed by atoms with E-state index in [9.17, 15) is 0 Å². The van der Waals surface area contributed by atoms with Gasteiger partial charge in [0.05, 0.1) is 10.7 Å². The van der Waals surface area contributed by atoms with Crippen LogP contribution in [0.4, 0.5) is 0 Å². The summed E-state index contributed by atoms with van der Waals surface area (Å²) in [7, 11) is 1.78. The summed E-state index contributed by atoms with van der Waals surface area (Å²) < 4.78 is 5.24. The summed E-state index contributed by atoms with van der Waals surface area (Å²) in [6.45, 7) is 9.89. The van der Waals surface area contributed by atoms with Gasteiger partial charge in [0.25, 0.3) is 0 Å². The summed E-state index contributed by atoms with van der Waals surface area (Å²) >= 11 is 1.76. The van der Waals surface area contributed by atoms with Crippen LogP contribution in [0, 0.1) is 13.8 Å². The van der Waals surface area contributed by atoms with Crippen molar-refractivity contribution in [3.05, 3.63) is 27.3 Å². The normalized spacial score (nSPS) is 12.0. The standard InChI is InChI=1S/C17H28N6OS/c1-11(2)16-22-14(24-23-16)7-6-9-19-17(18-5)20-10-8-15-21-12(3)13(4)25-15/h11H,6-10H2,1-5H3,(H2,18,19,20). The van der Waals surface area contributed by atoms with Gasteiger partial charge in [0.15, 0.2) is 11.8 Å². The molecule has 0 saturated heterocycles. The lowest BCUT2D eigenvalue weighted by molar-refractivity contribution is 0.368. The fraction of sp³-hybridized carbons (Fsp3) is 0.647. The van der Waals surface area contributed by atoms with Crippen molar-refractivity contribution in [2.45, 2.75) is 52.9 Å². The molecular weight excluding hydrogens is 336 g/mol. The van der Waals surface area contributed by atoms with E-state index in [1.807, 2.05) is 0 Å². The van der Waals surface area contributed by atoms with Gasteiger partial charge >= 0.3 is 0 Å². The Hall–Kier alpha value is -1.96. The van der Waals surface area contributed by atoms with Crippen molar-refractivity contribution in [2.75, 3.05) is 20.1 Å². The Morgan fingerprint density at radius 1 is 1.16 bits per heavy atom. The van der Waals surface area contributed by atoms with Crippen LogP contribution in [0.25, 0.3) is 0 Å². The maximum Gasteiger partial charge on any atom is 0.226 e. The van der Waals surface area contributed by atoms with Gasteiger partial charge in [-0.15, -0.1) is 11.3 Å². The quantitative estimate of drug-likeness (QED) is 0.425. The number of hydrogen-bond donors (Lipinski definition) is 2. The summed E-state index contributed by atoms with van der Waals surface area (Å²) in [5.74, 6) is 2.57. The molecule has 7 nitrogen and oxygen atoms in total. The van der Waals surface area contributed by atoms with Gasteiger partial charge in [0, 0.05) is 43.8 Å². The van der Waals surface area contributed by atoms with Crippen molar-refractivity contribution in [3.63, 3.8) is 0 Å². The van der Waals surface area contributed by atoms with Gasteiger partial charge in [-0.2, -0.15) is 4.98 Å². The van der Waals surface area contributed by atoms with Crippen LogP contribution in [0.5, 0.6) is 0 Å². The van der Waals surface area contributed by atoms with Gasteiger partial charge in [-0.05, 0) is 20.3 Å². The third kappa shape index (κ3) is 6.12. The first-order chi connectivity index (χ1) is 12.0. The zero-order valence-electron chi connectivity index (χ0n) is 15.7. The highest BCUT2D eigenvalue weighted by Gasteiger charge is 2.09. The first kappa shape index (κ1) is 19.4. The van der Waals surface area contributed by atoms with E-state index < -0.39 is 0 Å². The molecule has 0 aliphatic rings. The Labute approximate surface area is 153 Å². The highest BCUT2D eigenvalue weighted by molar-refractivity contribution is 7.11. The summed E-state index contributed by atoms with van der Waals surface area (Å²) in [6.07, 6.45) is 2.58. The van der Waals surface area contributed by atoms with E-state index in [-0.39, 0.29) is 0 Å². The van der Waals surface area contributed by atoms with Crippen molar-refractivity contribution in [2.24, 2.45) is 4.99 Å². The number of aliphatic imine (C=N–C) groups is 1. The monoisotopic (exact) mass is 364 g/mol. The van der Waals surface area contributed by atoms with Crippen LogP contribution in [-0.2, 0) is 12.8 Å². The average molecular weight is 365 g/mol. The Kier molecular flexibility index (Phi) is 7.36. The molecule has 0 fully saturated rings. The topological polar surface area (TPSA) is 88.2 Å². The van der Waals surface area contributed by atoms with E-state index in [2.05, 4.69) is 58.4 Å². The van der Waals surface area contributed by atoms with E-state index >= 15 is 0 Å². The van der Waals surface area contributed by atoms with Crippen LogP contribution in [0.15, 0.2) is 9.52 Å². The number of nitrogens with one attached hydrogen (secondary N) is 2. The van der Waals surface area contributed by atoms with Gasteiger partial charge in [-0.1, -0.05) is 19.0 Å². The fourth-order valence-electron chi connectivity index (χ4n) is 2.21. The van der Waals surface area contributed by atoms with Crippen LogP contribution in [-0.4, -0.2) is 41.2 Å². The fourth-order valence-corrected chi connectivity index (χ4v) is 3.14. The van der Waals surface area contributed by atoms with E-state index in [0.717, 1.165) is 54.8 Å². The second-order valence-corrected chi connectivity index (χ2v) is 7.52. The zero-order valence-corrected chi connectivity index (χ0v) is 16.5. The highest BCUT2D eigenvalue weighted by Crippen LogP contribution is 2.16. The molecule has 0 aromatic carbocycles. The molecule has 2 rings (SSSR count). The largest absolute Gasteiger partial charge is 0.356 e. The average Bonchev–Trinajstić information content (AvgIpc) is 3.17. The highest BCUT2D eigenvalue weighted by atomic mass is 32.1. The summed E-state index contributed by atoms with van der Waals surface area (Å²) in [5, 5.41) is 11.8. The number of hydrogen-bond acceptors (Lipinski definition) is 6. The Bertz CT molecular complexity index is 672. The van der Waals surface area contributed by atoms with Gasteiger partial charge in [0.1, 0.15) is 0 Å². The number of thiazole rings is 1. The lowest BCUT2D eigenvalue weighted by Crippen LogP contribution is -2.38. The molecule has 8 heteroatoms. The van der Waals surface area contributed by atoms with Crippen molar-refractivity contribution in [3.8, 4) is 0 Å². The molecule has 0 bridgehead atoms. The zero-order chi connectivity index (χ0) is 18.2. The maximum absolute atomic E-state index is 5.24. The molecule has 2 heterocycles. The number of rotatable bonds is 8. The van der Waals surface area contributed by atoms with Crippen molar-refractivity contribution >= 4 is 17.3 Å². The number of aromatic nitrogens is 3. The lowest BCUT2D eigenvalue weighted by Gasteiger charge is -2.10. The molecule has 2 N–H and O–H groups in total. The minimum atomic E-state index is 0.295. The molecule has 2 aromatic heterocycles. The molecule has 0 aliphatic carbocycles. The van der Waals surface area contributed by atoms with Crippen LogP contribution in [0.3, 0.4) is 0 Å². The number of guanidine groups is 1. The summed E-state index contributed by atoms with van der Waals surface area (Å²) in [6, 6.07) is 0. The van der Waals surface area contributed by atoms with E-state index in [1.54, 1.807) is 18.4 Å². The van der Waals surface area contributed by atoms with Crippen molar-refractivity contribution < 1.29 is 4.52 Å². The Morgan fingerprint density at radius 3 is 2.52 bits per heavy atom. The smallest absolute Gasteiger partial charge is 0.226 e. The van der Waals surface area contributed by atoms with E-state index in [4.69, 9.17) is 4.52 Å². The first-order valence-electron chi connectivity index (χ1n) is 8.69. The van der Waals surface area contributed by atoms with E-state index in [1.165, 1.54) is 4.88 Å². The molecule has 2 aromatic rings. The van der Waals surface area contributed by atoms with Gasteiger partial charge in [-0.3, -0.25) is 4.99 Å². The van der Waals surface area contributed by atoms with Crippen molar-refractivity contribution in [1.29, 1.82) is 0 Å². The molecule has 0 atom stereocenters. The SMILES string of the molecule is CN=C(NCCCc1nc(C(C)C)no1)NCCc1nc(C)c(C)s1. The second-order valence-electron chi connectivity index (χ2n) is 6.23. The predicted molar refractivity (Wildman–Crippen MR) is 101 cm³/mol. The molecular formula is C17H28N6OS. The molecule has 0 spiro atoms. The third-order valence-corrected chi connectivity index (χ3v) is 4.92. The first-order valence-corrected chi connectivity index (χ1v) is 9.51. The van der Waals surface area contributed by atoms with Crippen molar-refractivity contribution in [1.82, 2.24) is 25.8 Å². The Balaban J connectivity index is 1.64. The maximum atomic E-state index is 5.24. The summed E-state index contributed by atoms with van der Waals surface area (Å²) in [5.41, 5.74) is 1.13. The minimum absolute atomic E-state index is 0.295. The van der Waals surface area contributed by atoms with Crippen LogP contribution >= 0.6 is 11.3 Å². The molecule has 138 valence electrons. The summed E-state index contributed by atoms with van der Waals surface area (Å²) in [4.78, 5) is 14.5. The predicted octanol–water partition coefficient (Wildman–Crippen LogP) is 2.61. The van der Waals surface area contributed by atoms with Crippen LogP contribution < -0.4 is 10.6 Å². The molecule has 0 saturated carbocycles. The lowest BCUT2D eigenvalue weighted by atomic mass is 10.2. The number of aryl methyl sites for hydroxylation is 3. The molecule has 0 radical (unpaired) electrons. The van der Waals surface area contributed by atoms with Gasteiger partial charge in [-0.25, -0.2) is 4.98 Å². The molecule has 0 amide bonds. The van der Waals surface area contributed by atoms with Gasteiger partial charge < -0.3 is 15.2 Å². The second kappa shape index (κ2) is 9.50. The molecule has 0 unspecified atom stereocenters. The minimum Gasteiger partial charge on any atom is -0.356 e. The number of nitrogens with zero attached hydrogens (tertiary/aromatic N) is 4. The Morgan fingerprint density at radius 2 is 1.92 bits per heavy atom. The van der Waals surface area contributed by atoms with E-state index in [0.29, 0.717) is 11.8 Å². The van der Waals surface area contributed by atoms with Gasteiger partial charge in [0.2, 0.25) is 5.89 Å².